The van der Waals surface area contributed by atoms with Crippen molar-refractivity contribution in [3.63, 3.8) is 0 Å². The SMILES string of the molecule is CCCC1(C(=O)C(C)CCOC)CCNC1. The number of hydrogen-bond donors (Lipinski definition) is 1. The molecule has 0 aliphatic carbocycles. The van der Waals surface area contributed by atoms with Crippen LogP contribution < -0.4 is 5.32 Å². The van der Waals surface area contributed by atoms with E-state index in [-0.39, 0.29) is 11.3 Å². The summed E-state index contributed by atoms with van der Waals surface area (Å²) in [5.74, 6) is 0.572. The van der Waals surface area contributed by atoms with Gasteiger partial charge in [0.2, 0.25) is 0 Å². The summed E-state index contributed by atoms with van der Waals surface area (Å²) in [5.41, 5.74) is -0.0814. The van der Waals surface area contributed by atoms with E-state index in [0.29, 0.717) is 12.4 Å². The standard InChI is InChI=1S/C13H25NO2/c1-4-6-13(7-8-14-10-13)12(15)11(2)5-9-16-3/h11,14H,4-10H2,1-3H3. The minimum Gasteiger partial charge on any atom is -0.385 e. The number of ketones is 1. The number of hydrogen-bond acceptors (Lipinski definition) is 3. The number of methoxy groups -OCH3 is 1. The van der Waals surface area contributed by atoms with Crippen LogP contribution in [0.3, 0.4) is 0 Å². The van der Waals surface area contributed by atoms with Gasteiger partial charge in [-0.2, -0.15) is 0 Å². The molecule has 0 aromatic rings. The molecule has 1 N–H and O–H groups in total. The Morgan fingerprint density at radius 3 is 2.81 bits per heavy atom. The zero-order chi connectivity index (χ0) is 12.0. The Balaban J connectivity index is 2.60. The van der Waals surface area contributed by atoms with Crippen LogP contribution in [0, 0.1) is 11.3 Å². The first kappa shape index (κ1) is 13.7. The second-order valence-electron chi connectivity index (χ2n) is 5.00. The molecule has 0 saturated carbocycles. The average molecular weight is 227 g/mol. The molecule has 1 fully saturated rings. The molecule has 3 nitrogen and oxygen atoms in total. The summed E-state index contributed by atoms with van der Waals surface area (Å²) in [6.07, 6.45) is 3.97. The molecule has 1 aliphatic rings. The lowest BCUT2D eigenvalue weighted by Crippen LogP contribution is -2.37. The highest BCUT2D eigenvalue weighted by molar-refractivity contribution is 5.87. The minimum absolute atomic E-state index is 0.0814. The Hall–Kier alpha value is -0.410. The van der Waals surface area contributed by atoms with Gasteiger partial charge in [0, 0.05) is 31.6 Å². The number of rotatable bonds is 7. The van der Waals surface area contributed by atoms with Crippen molar-refractivity contribution in [2.24, 2.45) is 11.3 Å². The first-order valence-corrected chi connectivity index (χ1v) is 6.40. The molecule has 2 unspecified atom stereocenters. The first-order valence-electron chi connectivity index (χ1n) is 6.40. The van der Waals surface area contributed by atoms with Crippen molar-refractivity contribution in [1.29, 1.82) is 0 Å². The highest BCUT2D eigenvalue weighted by atomic mass is 16.5. The molecule has 0 spiro atoms. The van der Waals surface area contributed by atoms with Crippen LogP contribution in [0.25, 0.3) is 0 Å². The van der Waals surface area contributed by atoms with E-state index < -0.39 is 0 Å². The zero-order valence-electron chi connectivity index (χ0n) is 10.8. The second kappa shape index (κ2) is 6.36. The zero-order valence-corrected chi connectivity index (χ0v) is 10.8. The monoisotopic (exact) mass is 227 g/mol. The summed E-state index contributed by atoms with van der Waals surface area (Å²) in [7, 11) is 1.69. The largest absolute Gasteiger partial charge is 0.385 e. The van der Waals surface area contributed by atoms with Crippen molar-refractivity contribution >= 4 is 5.78 Å². The third kappa shape index (κ3) is 3.05. The normalized spacial score (nSPS) is 26.9. The van der Waals surface area contributed by atoms with Gasteiger partial charge in [-0.25, -0.2) is 0 Å². The molecule has 0 bridgehead atoms. The van der Waals surface area contributed by atoms with Gasteiger partial charge in [0.05, 0.1) is 0 Å². The third-order valence-electron chi connectivity index (χ3n) is 3.70. The molecule has 1 saturated heterocycles. The lowest BCUT2D eigenvalue weighted by Gasteiger charge is -2.29. The summed E-state index contributed by atoms with van der Waals surface area (Å²) < 4.78 is 5.05. The molecule has 1 aliphatic heterocycles. The van der Waals surface area contributed by atoms with Crippen molar-refractivity contribution in [2.75, 3.05) is 26.8 Å². The molecule has 16 heavy (non-hydrogen) atoms. The second-order valence-corrected chi connectivity index (χ2v) is 5.00. The highest BCUT2D eigenvalue weighted by Gasteiger charge is 2.41. The fraction of sp³-hybridized carbons (Fsp3) is 0.923. The van der Waals surface area contributed by atoms with E-state index in [2.05, 4.69) is 12.2 Å². The molecule has 0 amide bonds. The number of ether oxygens (including phenoxy) is 1. The van der Waals surface area contributed by atoms with Crippen LogP contribution in [-0.2, 0) is 9.53 Å². The maximum atomic E-state index is 12.5. The van der Waals surface area contributed by atoms with Gasteiger partial charge in [0.1, 0.15) is 5.78 Å². The quantitative estimate of drug-likeness (QED) is 0.723. The van der Waals surface area contributed by atoms with E-state index in [1.807, 2.05) is 6.92 Å². The maximum absolute atomic E-state index is 12.5. The Bertz CT molecular complexity index is 222. The van der Waals surface area contributed by atoms with Gasteiger partial charge in [-0.1, -0.05) is 20.3 Å². The van der Waals surface area contributed by atoms with E-state index in [4.69, 9.17) is 4.74 Å². The summed E-state index contributed by atoms with van der Waals surface area (Å²) >= 11 is 0. The predicted octanol–water partition coefficient (Wildman–Crippen LogP) is 2.01. The van der Waals surface area contributed by atoms with Crippen molar-refractivity contribution in [1.82, 2.24) is 5.32 Å². The highest BCUT2D eigenvalue weighted by Crippen LogP contribution is 2.35. The third-order valence-corrected chi connectivity index (χ3v) is 3.70. The average Bonchev–Trinajstić information content (AvgIpc) is 2.75. The fourth-order valence-electron chi connectivity index (χ4n) is 2.72. The van der Waals surface area contributed by atoms with E-state index in [0.717, 1.165) is 38.8 Å². The molecule has 1 heterocycles. The van der Waals surface area contributed by atoms with Gasteiger partial charge >= 0.3 is 0 Å². The van der Waals surface area contributed by atoms with Crippen molar-refractivity contribution < 1.29 is 9.53 Å². The first-order chi connectivity index (χ1) is 7.66. The van der Waals surface area contributed by atoms with Gasteiger partial charge < -0.3 is 10.1 Å². The van der Waals surface area contributed by atoms with Crippen LogP contribution in [0.2, 0.25) is 0 Å². The van der Waals surface area contributed by atoms with E-state index in [1.165, 1.54) is 0 Å². The minimum atomic E-state index is -0.0814. The van der Waals surface area contributed by atoms with E-state index in [1.54, 1.807) is 7.11 Å². The van der Waals surface area contributed by atoms with Crippen LogP contribution >= 0.6 is 0 Å². The molecular formula is C13H25NO2. The molecule has 0 aromatic carbocycles. The van der Waals surface area contributed by atoms with Gasteiger partial charge in [-0.3, -0.25) is 4.79 Å². The Morgan fingerprint density at radius 1 is 1.56 bits per heavy atom. The van der Waals surface area contributed by atoms with Crippen molar-refractivity contribution in [3.05, 3.63) is 0 Å². The molecule has 94 valence electrons. The summed E-state index contributed by atoms with van der Waals surface area (Å²) in [5, 5.41) is 3.34. The van der Waals surface area contributed by atoms with Gasteiger partial charge in [-0.15, -0.1) is 0 Å². The van der Waals surface area contributed by atoms with Crippen molar-refractivity contribution in [2.45, 2.75) is 39.5 Å². The van der Waals surface area contributed by atoms with E-state index in [9.17, 15) is 4.79 Å². The molecule has 0 radical (unpaired) electrons. The number of Topliss-reactive ketones (excluding diaryl/α,β-unsaturated/α-hetero) is 1. The van der Waals surface area contributed by atoms with Gasteiger partial charge in [0.25, 0.3) is 0 Å². The van der Waals surface area contributed by atoms with Crippen LogP contribution in [0.4, 0.5) is 0 Å². The van der Waals surface area contributed by atoms with Gasteiger partial charge in [-0.05, 0) is 25.8 Å². The summed E-state index contributed by atoms with van der Waals surface area (Å²) in [4.78, 5) is 12.5. The number of carbonyl (C=O) groups is 1. The predicted molar refractivity (Wildman–Crippen MR) is 65.5 cm³/mol. The fourth-order valence-corrected chi connectivity index (χ4v) is 2.72. The lowest BCUT2D eigenvalue weighted by atomic mass is 9.74. The van der Waals surface area contributed by atoms with Crippen LogP contribution in [-0.4, -0.2) is 32.6 Å². The molecule has 2 atom stereocenters. The summed E-state index contributed by atoms with van der Waals surface area (Å²) in [6.45, 7) is 6.74. The molecular weight excluding hydrogens is 202 g/mol. The number of carbonyl (C=O) groups excluding carboxylic acids is 1. The topological polar surface area (TPSA) is 38.3 Å². The van der Waals surface area contributed by atoms with E-state index >= 15 is 0 Å². The smallest absolute Gasteiger partial charge is 0.143 e. The van der Waals surface area contributed by atoms with Crippen molar-refractivity contribution in [3.8, 4) is 0 Å². The Kier molecular flexibility index (Phi) is 5.42. The molecule has 0 aromatic heterocycles. The van der Waals surface area contributed by atoms with Gasteiger partial charge in [0.15, 0.2) is 0 Å². The van der Waals surface area contributed by atoms with Crippen LogP contribution in [0.1, 0.15) is 39.5 Å². The lowest BCUT2D eigenvalue weighted by molar-refractivity contribution is -0.132. The van der Waals surface area contributed by atoms with Crippen LogP contribution in [0.15, 0.2) is 0 Å². The Morgan fingerprint density at radius 2 is 2.31 bits per heavy atom. The molecule has 3 heteroatoms. The molecule has 1 rings (SSSR count). The maximum Gasteiger partial charge on any atom is 0.143 e. The van der Waals surface area contributed by atoms with Crippen LogP contribution in [0.5, 0.6) is 0 Å². The summed E-state index contributed by atoms with van der Waals surface area (Å²) in [6, 6.07) is 0. The number of nitrogens with one attached hydrogen (secondary N) is 1. The Labute approximate surface area is 98.9 Å².